The maximum atomic E-state index is 11.8. The Balaban J connectivity index is 1.51. The van der Waals surface area contributed by atoms with Gasteiger partial charge in [-0.1, -0.05) is 6.92 Å². The fourth-order valence-electron chi connectivity index (χ4n) is 2.97. The third-order valence-corrected chi connectivity index (χ3v) is 4.43. The van der Waals surface area contributed by atoms with E-state index in [2.05, 4.69) is 22.5 Å². The number of carbonyl (C=O) groups excluding carboxylic acids is 1. The molecule has 1 saturated carbocycles. The van der Waals surface area contributed by atoms with Gasteiger partial charge in [0.05, 0.1) is 0 Å². The molecule has 1 aliphatic carbocycles. The predicted octanol–water partition coefficient (Wildman–Crippen LogP) is 1.37. The lowest BCUT2D eigenvalue weighted by molar-refractivity contribution is -0.121. The van der Waals surface area contributed by atoms with Gasteiger partial charge in [-0.2, -0.15) is 0 Å². The zero-order valence-electron chi connectivity index (χ0n) is 12.3. The average molecular weight is 267 g/mol. The fraction of sp³-hybridized carbons (Fsp3) is 0.933. The molecule has 0 atom stereocenters. The molecule has 0 aromatic carbocycles. The number of hydrogen-bond donors (Lipinski definition) is 2. The van der Waals surface area contributed by atoms with Crippen LogP contribution in [0.1, 0.15) is 45.4 Å². The van der Waals surface area contributed by atoms with Gasteiger partial charge in [-0.3, -0.25) is 9.69 Å². The van der Waals surface area contributed by atoms with Crippen molar-refractivity contribution < 1.29 is 4.79 Å². The molecule has 0 bridgehead atoms. The number of rotatable bonds is 8. The molecule has 0 unspecified atom stereocenters. The first-order valence-corrected chi connectivity index (χ1v) is 8.01. The summed E-state index contributed by atoms with van der Waals surface area (Å²) in [5.74, 6) is 0.996. The molecule has 2 N–H and O–H groups in total. The second-order valence-corrected chi connectivity index (χ2v) is 5.94. The summed E-state index contributed by atoms with van der Waals surface area (Å²) in [5.41, 5.74) is 0. The minimum Gasteiger partial charge on any atom is -0.355 e. The lowest BCUT2D eigenvalue weighted by atomic mass is 9.93. The van der Waals surface area contributed by atoms with E-state index in [-0.39, 0.29) is 5.91 Å². The predicted molar refractivity (Wildman–Crippen MR) is 78.1 cm³/mol. The molecule has 2 rings (SSSR count). The Bertz CT molecular complexity index is 273. The van der Waals surface area contributed by atoms with Crippen LogP contribution in [0, 0.1) is 5.92 Å². The Kier molecular flexibility index (Phi) is 6.11. The molecule has 19 heavy (non-hydrogen) atoms. The minimum atomic E-state index is 0.241. The highest BCUT2D eigenvalue weighted by atomic mass is 16.1. The van der Waals surface area contributed by atoms with Crippen molar-refractivity contribution in [3.8, 4) is 0 Å². The summed E-state index contributed by atoms with van der Waals surface area (Å²) >= 11 is 0. The zero-order valence-corrected chi connectivity index (χ0v) is 12.3. The van der Waals surface area contributed by atoms with Gasteiger partial charge in [0.1, 0.15) is 0 Å². The molecule has 1 saturated heterocycles. The van der Waals surface area contributed by atoms with Gasteiger partial charge in [0.2, 0.25) is 5.91 Å². The smallest absolute Gasteiger partial charge is 0.220 e. The number of piperidine rings is 1. The van der Waals surface area contributed by atoms with Gasteiger partial charge in [0.15, 0.2) is 0 Å². The molecular weight excluding hydrogens is 238 g/mol. The van der Waals surface area contributed by atoms with E-state index in [4.69, 9.17) is 0 Å². The van der Waals surface area contributed by atoms with Crippen molar-refractivity contribution in [2.45, 2.75) is 51.5 Å². The van der Waals surface area contributed by atoms with E-state index in [1.54, 1.807) is 0 Å². The molecule has 1 aliphatic heterocycles. The summed E-state index contributed by atoms with van der Waals surface area (Å²) in [6.45, 7) is 7.39. The molecule has 2 fully saturated rings. The number of hydrogen-bond acceptors (Lipinski definition) is 3. The van der Waals surface area contributed by atoms with Gasteiger partial charge in [0.25, 0.3) is 0 Å². The highest BCUT2D eigenvalue weighted by Crippen LogP contribution is 2.25. The Morgan fingerprint density at radius 1 is 1.26 bits per heavy atom. The quantitative estimate of drug-likeness (QED) is 0.698. The van der Waals surface area contributed by atoms with Crippen molar-refractivity contribution in [1.82, 2.24) is 15.5 Å². The Morgan fingerprint density at radius 2 is 2.00 bits per heavy atom. The molecular formula is C15H29N3O. The largest absolute Gasteiger partial charge is 0.355 e. The van der Waals surface area contributed by atoms with Crippen molar-refractivity contribution in [2.24, 2.45) is 5.92 Å². The number of likely N-dealkylation sites (N-methyl/N-ethyl adjacent to an activating group) is 1. The number of carbonyl (C=O) groups is 1. The molecule has 0 radical (unpaired) electrons. The van der Waals surface area contributed by atoms with Crippen LogP contribution >= 0.6 is 0 Å². The molecule has 1 amide bonds. The normalized spacial score (nSPS) is 20.7. The molecule has 4 heteroatoms. The summed E-state index contributed by atoms with van der Waals surface area (Å²) in [6, 6.07) is 0.802. The summed E-state index contributed by atoms with van der Waals surface area (Å²) in [5, 5.41) is 6.44. The fourth-order valence-corrected chi connectivity index (χ4v) is 2.97. The summed E-state index contributed by atoms with van der Waals surface area (Å²) in [7, 11) is 0. The summed E-state index contributed by atoms with van der Waals surface area (Å²) < 4.78 is 0. The number of nitrogens with zero attached hydrogens (tertiary/aromatic N) is 1. The van der Waals surface area contributed by atoms with Gasteiger partial charge in [0, 0.05) is 25.6 Å². The standard InChI is InChI=1S/C15H29N3O/c1-2-18(14-4-5-14)12-11-17-15(19)6-3-13-7-9-16-10-8-13/h13-14,16H,2-12H2,1H3,(H,17,19). The molecule has 4 nitrogen and oxygen atoms in total. The maximum absolute atomic E-state index is 11.8. The van der Waals surface area contributed by atoms with Crippen LogP contribution in [-0.4, -0.2) is 49.6 Å². The van der Waals surface area contributed by atoms with Crippen molar-refractivity contribution in [2.75, 3.05) is 32.7 Å². The van der Waals surface area contributed by atoms with Crippen molar-refractivity contribution >= 4 is 5.91 Å². The van der Waals surface area contributed by atoms with Crippen molar-refractivity contribution in [1.29, 1.82) is 0 Å². The van der Waals surface area contributed by atoms with E-state index in [9.17, 15) is 4.79 Å². The van der Waals surface area contributed by atoms with E-state index >= 15 is 0 Å². The highest BCUT2D eigenvalue weighted by Gasteiger charge is 2.27. The van der Waals surface area contributed by atoms with Crippen molar-refractivity contribution in [3.05, 3.63) is 0 Å². The second kappa shape index (κ2) is 7.85. The molecule has 1 heterocycles. The third-order valence-electron chi connectivity index (χ3n) is 4.43. The van der Waals surface area contributed by atoms with E-state index in [1.165, 1.54) is 25.7 Å². The van der Waals surface area contributed by atoms with Gasteiger partial charge in [-0.25, -0.2) is 0 Å². The van der Waals surface area contributed by atoms with Crippen LogP contribution in [0.4, 0.5) is 0 Å². The minimum absolute atomic E-state index is 0.241. The lowest BCUT2D eigenvalue weighted by Crippen LogP contribution is -2.36. The Hall–Kier alpha value is -0.610. The van der Waals surface area contributed by atoms with Crippen LogP contribution < -0.4 is 10.6 Å². The van der Waals surface area contributed by atoms with Gasteiger partial charge < -0.3 is 10.6 Å². The molecule has 0 aromatic rings. The van der Waals surface area contributed by atoms with Crippen LogP contribution in [0.2, 0.25) is 0 Å². The first-order valence-electron chi connectivity index (χ1n) is 8.01. The third kappa shape index (κ3) is 5.49. The van der Waals surface area contributed by atoms with Gasteiger partial charge in [-0.05, 0) is 57.7 Å². The van der Waals surface area contributed by atoms with Crippen LogP contribution in [0.5, 0.6) is 0 Å². The van der Waals surface area contributed by atoms with E-state index in [1.807, 2.05) is 0 Å². The maximum Gasteiger partial charge on any atom is 0.220 e. The van der Waals surface area contributed by atoms with Crippen LogP contribution in [0.15, 0.2) is 0 Å². The molecule has 2 aliphatic rings. The van der Waals surface area contributed by atoms with Crippen LogP contribution in [0.3, 0.4) is 0 Å². The monoisotopic (exact) mass is 267 g/mol. The van der Waals surface area contributed by atoms with Crippen LogP contribution in [0.25, 0.3) is 0 Å². The lowest BCUT2D eigenvalue weighted by Gasteiger charge is -2.22. The molecule has 0 spiro atoms. The molecule has 0 aromatic heterocycles. The van der Waals surface area contributed by atoms with E-state index < -0.39 is 0 Å². The van der Waals surface area contributed by atoms with Gasteiger partial charge >= 0.3 is 0 Å². The van der Waals surface area contributed by atoms with Gasteiger partial charge in [-0.15, -0.1) is 0 Å². The first kappa shape index (κ1) is 14.8. The average Bonchev–Trinajstić information content (AvgIpc) is 3.27. The zero-order chi connectivity index (χ0) is 13.5. The van der Waals surface area contributed by atoms with E-state index in [0.717, 1.165) is 51.1 Å². The number of nitrogens with one attached hydrogen (secondary N) is 2. The molecule has 110 valence electrons. The second-order valence-electron chi connectivity index (χ2n) is 5.94. The van der Waals surface area contributed by atoms with Crippen molar-refractivity contribution in [3.63, 3.8) is 0 Å². The van der Waals surface area contributed by atoms with E-state index in [0.29, 0.717) is 6.42 Å². The Morgan fingerprint density at radius 3 is 2.63 bits per heavy atom. The Labute approximate surface area is 117 Å². The first-order chi connectivity index (χ1) is 9.29. The highest BCUT2D eigenvalue weighted by molar-refractivity contribution is 5.75. The summed E-state index contributed by atoms with van der Waals surface area (Å²) in [6.07, 6.45) is 6.93. The topological polar surface area (TPSA) is 44.4 Å². The SMILES string of the molecule is CCN(CCNC(=O)CCC1CCNCC1)C1CC1. The summed E-state index contributed by atoms with van der Waals surface area (Å²) in [4.78, 5) is 14.3. The van der Waals surface area contributed by atoms with Crippen LogP contribution in [-0.2, 0) is 4.79 Å². The number of amides is 1.